The van der Waals surface area contributed by atoms with E-state index >= 15 is 0 Å². The fourth-order valence-electron chi connectivity index (χ4n) is 2.22. The molecule has 2 aromatic rings. The highest BCUT2D eigenvalue weighted by molar-refractivity contribution is 7.92. The van der Waals surface area contributed by atoms with Gasteiger partial charge in [-0.05, 0) is 42.5 Å². The van der Waals surface area contributed by atoms with Crippen LogP contribution < -0.4 is 14.9 Å². The number of rotatable bonds is 4. The number of hydrogen-bond acceptors (Lipinski definition) is 4. The Hall–Kier alpha value is -2.58. The lowest BCUT2D eigenvalue weighted by molar-refractivity contribution is -0.115. The number of nitrogens with zero attached hydrogens (tertiary/aromatic N) is 1. The second kappa shape index (κ2) is 6.14. The van der Waals surface area contributed by atoms with Gasteiger partial charge in [0.2, 0.25) is 0 Å². The van der Waals surface area contributed by atoms with Gasteiger partial charge in [0.1, 0.15) is 0 Å². The SMILES string of the molecule is O=C1CNC(=O)N1c1cccc(NS(=O)(=O)c2ccc(Cl)cc2)c1. The number of anilines is 2. The maximum Gasteiger partial charge on any atom is 0.329 e. The summed E-state index contributed by atoms with van der Waals surface area (Å²) in [7, 11) is -3.81. The second-order valence-electron chi connectivity index (χ2n) is 5.00. The molecule has 9 heteroatoms. The molecular weight excluding hydrogens is 354 g/mol. The molecule has 1 aliphatic rings. The van der Waals surface area contributed by atoms with Crippen LogP contribution in [0.25, 0.3) is 0 Å². The van der Waals surface area contributed by atoms with Gasteiger partial charge in [0.15, 0.2) is 0 Å². The Labute approximate surface area is 143 Å². The number of amides is 3. The first-order valence-corrected chi connectivity index (χ1v) is 8.72. The molecule has 124 valence electrons. The molecule has 1 saturated heterocycles. The van der Waals surface area contributed by atoms with E-state index < -0.39 is 22.0 Å². The molecule has 1 aliphatic heterocycles. The molecule has 0 aromatic heterocycles. The lowest BCUT2D eigenvalue weighted by Gasteiger charge is -2.14. The van der Waals surface area contributed by atoms with E-state index in [2.05, 4.69) is 10.0 Å². The third kappa shape index (κ3) is 3.19. The predicted molar refractivity (Wildman–Crippen MR) is 89.6 cm³/mol. The Morgan fingerprint density at radius 3 is 2.42 bits per heavy atom. The number of benzene rings is 2. The van der Waals surface area contributed by atoms with E-state index in [1.165, 1.54) is 36.4 Å². The highest BCUT2D eigenvalue weighted by atomic mass is 35.5. The van der Waals surface area contributed by atoms with Gasteiger partial charge in [-0.15, -0.1) is 0 Å². The number of sulfonamides is 1. The third-order valence-corrected chi connectivity index (χ3v) is 4.97. The van der Waals surface area contributed by atoms with Crippen LogP contribution in [0.4, 0.5) is 16.2 Å². The summed E-state index contributed by atoms with van der Waals surface area (Å²) in [5.41, 5.74) is 0.515. The van der Waals surface area contributed by atoms with Gasteiger partial charge in [-0.3, -0.25) is 9.52 Å². The predicted octanol–water partition coefficient (Wildman–Crippen LogP) is 2.20. The lowest BCUT2D eigenvalue weighted by Crippen LogP contribution is -2.30. The van der Waals surface area contributed by atoms with Crippen LogP contribution in [0.5, 0.6) is 0 Å². The van der Waals surface area contributed by atoms with Crippen molar-refractivity contribution < 1.29 is 18.0 Å². The summed E-state index contributed by atoms with van der Waals surface area (Å²) in [5.74, 6) is -0.405. The normalized spacial score (nSPS) is 14.6. The van der Waals surface area contributed by atoms with Gasteiger partial charge in [0.05, 0.1) is 22.8 Å². The molecule has 0 atom stereocenters. The molecule has 0 unspecified atom stereocenters. The molecule has 3 rings (SSSR count). The maximum absolute atomic E-state index is 12.4. The van der Waals surface area contributed by atoms with E-state index in [9.17, 15) is 18.0 Å². The number of carbonyl (C=O) groups excluding carboxylic acids is 2. The van der Waals surface area contributed by atoms with E-state index in [0.29, 0.717) is 5.02 Å². The smallest absolute Gasteiger partial charge is 0.328 e. The van der Waals surface area contributed by atoms with Crippen LogP contribution in [-0.4, -0.2) is 26.9 Å². The van der Waals surface area contributed by atoms with Crippen LogP contribution in [-0.2, 0) is 14.8 Å². The van der Waals surface area contributed by atoms with Crippen molar-refractivity contribution in [3.05, 3.63) is 53.6 Å². The highest BCUT2D eigenvalue weighted by Gasteiger charge is 2.30. The Balaban J connectivity index is 1.88. The summed E-state index contributed by atoms with van der Waals surface area (Å²) in [5, 5.41) is 2.83. The quantitative estimate of drug-likeness (QED) is 0.812. The summed E-state index contributed by atoms with van der Waals surface area (Å²) < 4.78 is 27.1. The molecule has 0 radical (unpaired) electrons. The van der Waals surface area contributed by atoms with Crippen LogP contribution in [0.2, 0.25) is 5.02 Å². The van der Waals surface area contributed by atoms with Crippen molar-refractivity contribution in [1.82, 2.24) is 5.32 Å². The summed E-state index contributed by atoms with van der Waals surface area (Å²) in [4.78, 5) is 24.4. The zero-order valence-corrected chi connectivity index (χ0v) is 13.8. The molecule has 24 heavy (non-hydrogen) atoms. The number of urea groups is 1. The zero-order chi connectivity index (χ0) is 17.3. The van der Waals surface area contributed by atoms with E-state index in [4.69, 9.17) is 11.6 Å². The van der Waals surface area contributed by atoms with Gasteiger partial charge in [0.25, 0.3) is 15.9 Å². The van der Waals surface area contributed by atoms with E-state index in [-0.39, 0.29) is 22.8 Å². The van der Waals surface area contributed by atoms with Crippen molar-refractivity contribution in [2.75, 3.05) is 16.2 Å². The molecule has 0 saturated carbocycles. The summed E-state index contributed by atoms with van der Waals surface area (Å²) in [6.07, 6.45) is 0. The first kappa shape index (κ1) is 16.3. The van der Waals surface area contributed by atoms with Gasteiger partial charge >= 0.3 is 6.03 Å². The van der Waals surface area contributed by atoms with Crippen molar-refractivity contribution in [3.63, 3.8) is 0 Å². The molecule has 1 fully saturated rings. The number of carbonyl (C=O) groups is 2. The average Bonchev–Trinajstić information content (AvgIpc) is 2.86. The number of nitrogens with one attached hydrogen (secondary N) is 2. The summed E-state index contributed by atoms with van der Waals surface area (Å²) in [6.45, 7) is -0.0838. The number of halogens is 1. The summed E-state index contributed by atoms with van der Waals surface area (Å²) in [6, 6.07) is 11.2. The Kier molecular flexibility index (Phi) is 4.16. The maximum atomic E-state index is 12.4. The zero-order valence-electron chi connectivity index (χ0n) is 12.2. The molecule has 0 bridgehead atoms. The molecule has 1 heterocycles. The highest BCUT2D eigenvalue weighted by Crippen LogP contribution is 2.24. The van der Waals surface area contributed by atoms with E-state index in [1.54, 1.807) is 12.1 Å². The average molecular weight is 366 g/mol. The molecule has 0 aliphatic carbocycles. The molecular formula is C15H12ClN3O4S. The van der Waals surface area contributed by atoms with Crippen LogP contribution in [0.3, 0.4) is 0 Å². The van der Waals surface area contributed by atoms with Crippen LogP contribution in [0, 0.1) is 0 Å². The van der Waals surface area contributed by atoms with Gasteiger partial charge in [-0.2, -0.15) is 0 Å². The molecule has 2 N–H and O–H groups in total. The van der Waals surface area contributed by atoms with Crippen LogP contribution in [0.1, 0.15) is 0 Å². The lowest BCUT2D eigenvalue weighted by atomic mass is 10.2. The van der Waals surface area contributed by atoms with Gasteiger partial charge in [0, 0.05) is 5.02 Å². The van der Waals surface area contributed by atoms with Crippen molar-refractivity contribution >= 4 is 44.9 Å². The molecule has 3 amide bonds. The number of imide groups is 1. The van der Waals surface area contributed by atoms with Crippen LogP contribution in [0.15, 0.2) is 53.4 Å². The van der Waals surface area contributed by atoms with Crippen molar-refractivity contribution in [1.29, 1.82) is 0 Å². The fourth-order valence-corrected chi connectivity index (χ4v) is 3.40. The van der Waals surface area contributed by atoms with Gasteiger partial charge in [-0.1, -0.05) is 17.7 Å². The minimum Gasteiger partial charge on any atom is -0.328 e. The molecule has 0 spiro atoms. The van der Waals surface area contributed by atoms with Crippen molar-refractivity contribution in [2.45, 2.75) is 4.90 Å². The Bertz CT molecular complexity index is 897. The van der Waals surface area contributed by atoms with Gasteiger partial charge < -0.3 is 5.32 Å². The largest absolute Gasteiger partial charge is 0.329 e. The second-order valence-corrected chi connectivity index (χ2v) is 7.12. The van der Waals surface area contributed by atoms with Gasteiger partial charge in [-0.25, -0.2) is 18.1 Å². The Morgan fingerprint density at radius 1 is 1.08 bits per heavy atom. The fraction of sp³-hybridized carbons (Fsp3) is 0.0667. The van der Waals surface area contributed by atoms with Crippen molar-refractivity contribution in [2.24, 2.45) is 0 Å². The Morgan fingerprint density at radius 2 is 1.79 bits per heavy atom. The van der Waals surface area contributed by atoms with E-state index in [0.717, 1.165) is 4.90 Å². The van der Waals surface area contributed by atoms with E-state index in [1.807, 2.05) is 0 Å². The molecule has 7 nitrogen and oxygen atoms in total. The first-order valence-electron chi connectivity index (χ1n) is 6.86. The van der Waals surface area contributed by atoms with Crippen LogP contribution >= 0.6 is 11.6 Å². The number of hydrogen-bond donors (Lipinski definition) is 2. The monoisotopic (exact) mass is 365 g/mol. The minimum atomic E-state index is -3.81. The standard InChI is InChI=1S/C15H12ClN3O4S/c16-10-4-6-13(7-5-10)24(22,23)18-11-2-1-3-12(8-11)19-14(20)9-17-15(19)21/h1-8,18H,9H2,(H,17,21). The third-order valence-electron chi connectivity index (χ3n) is 3.32. The molecule has 2 aromatic carbocycles. The van der Waals surface area contributed by atoms with Crippen molar-refractivity contribution in [3.8, 4) is 0 Å². The summed E-state index contributed by atoms with van der Waals surface area (Å²) >= 11 is 5.75. The first-order chi connectivity index (χ1) is 11.4. The minimum absolute atomic E-state index is 0.0484. The topological polar surface area (TPSA) is 95.6 Å².